The van der Waals surface area contributed by atoms with Gasteiger partial charge >= 0.3 is 0 Å². The lowest BCUT2D eigenvalue weighted by Gasteiger charge is -2.30. The minimum Gasteiger partial charge on any atom is -0.384 e. The van der Waals surface area contributed by atoms with Crippen LogP contribution in [0.25, 0.3) is 0 Å². The summed E-state index contributed by atoms with van der Waals surface area (Å²) in [5.41, 5.74) is 1.11. The molecule has 0 bridgehead atoms. The Hall–Kier alpha value is -0.920. The van der Waals surface area contributed by atoms with Gasteiger partial charge in [0.05, 0.1) is 6.04 Å². The van der Waals surface area contributed by atoms with Crippen molar-refractivity contribution in [3.63, 3.8) is 0 Å². The zero-order valence-electron chi connectivity index (χ0n) is 10.8. The first-order valence-electron chi connectivity index (χ1n) is 6.49. The van der Waals surface area contributed by atoms with Crippen molar-refractivity contribution in [2.75, 3.05) is 0 Å². The minimum atomic E-state index is 0.317. The maximum atomic E-state index is 4.14. The molecule has 1 fully saturated rings. The molecule has 0 amide bonds. The van der Waals surface area contributed by atoms with Crippen molar-refractivity contribution in [1.82, 2.24) is 10.6 Å². The molecule has 0 radical (unpaired) electrons. The molecule has 0 aromatic heterocycles. The van der Waals surface area contributed by atoms with Crippen LogP contribution in [-0.2, 0) is 0 Å². The molecule has 0 aromatic rings. The fraction of sp³-hybridized carbons (Fsp3) is 0.714. The van der Waals surface area contributed by atoms with Crippen LogP contribution in [0.5, 0.6) is 0 Å². The Morgan fingerprint density at radius 2 is 2.00 bits per heavy atom. The van der Waals surface area contributed by atoms with E-state index in [0.717, 1.165) is 18.0 Å². The van der Waals surface area contributed by atoms with Crippen molar-refractivity contribution in [2.45, 2.75) is 58.0 Å². The van der Waals surface area contributed by atoms with E-state index in [9.17, 15) is 0 Å². The van der Waals surface area contributed by atoms with Crippen LogP contribution >= 0.6 is 0 Å². The number of hydrogen-bond donors (Lipinski definition) is 2. The highest BCUT2D eigenvalue weighted by molar-refractivity contribution is 5.06. The maximum Gasteiger partial charge on any atom is 0.0645 e. The first-order chi connectivity index (χ1) is 7.67. The summed E-state index contributed by atoms with van der Waals surface area (Å²) in [4.78, 5) is 0. The Kier molecular flexibility index (Phi) is 5.44. The molecule has 0 heterocycles. The van der Waals surface area contributed by atoms with Crippen LogP contribution < -0.4 is 10.6 Å². The van der Waals surface area contributed by atoms with Crippen LogP contribution in [0.4, 0.5) is 0 Å². The molecule has 1 saturated carbocycles. The van der Waals surface area contributed by atoms with Gasteiger partial charge in [-0.15, -0.1) is 0 Å². The molecule has 2 N–H and O–H groups in total. The molecule has 1 atom stereocenters. The van der Waals surface area contributed by atoms with E-state index >= 15 is 0 Å². The monoisotopic (exact) mass is 222 g/mol. The minimum absolute atomic E-state index is 0.317. The van der Waals surface area contributed by atoms with E-state index in [4.69, 9.17) is 0 Å². The molecule has 1 unspecified atom stereocenters. The molecule has 2 nitrogen and oxygen atoms in total. The van der Waals surface area contributed by atoms with Gasteiger partial charge in [0, 0.05) is 11.7 Å². The first kappa shape index (κ1) is 13.1. The fourth-order valence-electron chi connectivity index (χ4n) is 2.37. The average molecular weight is 222 g/mol. The van der Waals surface area contributed by atoms with Gasteiger partial charge in [-0.05, 0) is 44.2 Å². The molecule has 0 aliphatic heterocycles. The number of rotatable bonds is 6. The van der Waals surface area contributed by atoms with Crippen molar-refractivity contribution in [3.8, 4) is 0 Å². The van der Waals surface area contributed by atoms with Crippen LogP contribution in [0.15, 0.2) is 25.1 Å². The lowest BCUT2D eigenvalue weighted by atomic mass is 9.87. The van der Waals surface area contributed by atoms with Gasteiger partial charge in [0.25, 0.3) is 0 Å². The van der Waals surface area contributed by atoms with Gasteiger partial charge in [0.1, 0.15) is 0 Å². The second-order valence-corrected chi connectivity index (χ2v) is 4.96. The smallest absolute Gasteiger partial charge is 0.0645 e. The van der Waals surface area contributed by atoms with Crippen molar-refractivity contribution in [2.24, 2.45) is 5.92 Å². The molecule has 0 saturated heterocycles. The quantitative estimate of drug-likeness (QED) is 0.721. The Labute approximate surface area is 100 Å². The second-order valence-electron chi connectivity index (χ2n) is 4.96. The molecule has 0 spiro atoms. The largest absolute Gasteiger partial charge is 0.384 e. The summed E-state index contributed by atoms with van der Waals surface area (Å²) in [6.07, 6.45) is 8.05. The highest BCUT2D eigenvalue weighted by Crippen LogP contribution is 2.24. The average Bonchev–Trinajstić information content (AvgIpc) is 2.29. The summed E-state index contributed by atoms with van der Waals surface area (Å²) < 4.78 is 0. The predicted molar refractivity (Wildman–Crippen MR) is 71.1 cm³/mol. The Morgan fingerprint density at radius 1 is 1.38 bits per heavy atom. The third-order valence-corrected chi connectivity index (χ3v) is 3.55. The summed E-state index contributed by atoms with van der Waals surface area (Å²) >= 11 is 0. The summed E-state index contributed by atoms with van der Waals surface area (Å²) in [5, 5.41) is 6.80. The van der Waals surface area contributed by atoms with Gasteiger partial charge in [-0.2, -0.15) is 0 Å². The standard InChI is InChI=1S/C14H26N2/c1-5-14(15-6-2)12(4)16-13-9-7-11(3)8-10-13/h6,11,13-16H,2,4-5,7-10H2,1,3H3. The van der Waals surface area contributed by atoms with Gasteiger partial charge in [0.2, 0.25) is 0 Å². The number of hydrogen-bond acceptors (Lipinski definition) is 2. The van der Waals surface area contributed by atoms with Gasteiger partial charge in [0.15, 0.2) is 0 Å². The van der Waals surface area contributed by atoms with Crippen LogP contribution in [0.3, 0.4) is 0 Å². The lowest BCUT2D eigenvalue weighted by Crippen LogP contribution is -2.39. The molecule has 2 heteroatoms. The first-order valence-corrected chi connectivity index (χ1v) is 6.49. The van der Waals surface area contributed by atoms with Crippen LogP contribution in [-0.4, -0.2) is 12.1 Å². The van der Waals surface area contributed by atoms with E-state index in [1.54, 1.807) is 6.20 Å². The highest BCUT2D eigenvalue weighted by atomic mass is 15.0. The van der Waals surface area contributed by atoms with Gasteiger partial charge in [-0.25, -0.2) is 0 Å². The SMILES string of the molecule is C=CNC(CC)C(=C)NC1CCC(C)CC1. The zero-order valence-corrected chi connectivity index (χ0v) is 10.8. The normalized spacial score (nSPS) is 26.9. The van der Waals surface area contributed by atoms with Gasteiger partial charge in [-0.3, -0.25) is 0 Å². The topological polar surface area (TPSA) is 24.1 Å². The zero-order chi connectivity index (χ0) is 12.0. The van der Waals surface area contributed by atoms with Crippen molar-refractivity contribution in [1.29, 1.82) is 0 Å². The summed E-state index contributed by atoms with van der Waals surface area (Å²) in [7, 11) is 0. The van der Waals surface area contributed by atoms with Crippen LogP contribution in [0.2, 0.25) is 0 Å². The summed E-state index contributed by atoms with van der Waals surface area (Å²) in [6.45, 7) is 12.4. The Bertz CT molecular complexity index is 227. The fourth-order valence-corrected chi connectivity index (χ4v) is 2.37. The predicted octanol–water partition coefficient (Wildman–Crippen LogP) is 3.18. The lowest BCUT2D eigenvalue weighted by molar-refractivity contribution is 0.316. The van der Waals surface area contributed by atoms with Gasteiger partial charge in [-0.1, -0.05) is 27.0 Å². The third-order valence-electron chi connectivity index (χ3n) is 3.55. The summed E-state index contributed by atoms with van der Waals surface area (Å²) in [5.74, 6) is 0.902. The van der Waals surface area contributed by atoms with Crippen LogP contribution in [0.1, 0.15) is 46.0 Å². The molecule has 16 heavy (non-hydrogen) atoms. The molecular weight excluding hydrogens is 196 g/mol. The highest BCUT2D eigenvalue weighted by Gasteiger charge is 2.19. The van der Waals surface area contributed by atoms with Crippen LogP contribution in [0, 0.1) is 5.92 Å². The van der Waals surface area contributed by atoms with E-state index in [2.05, 4.69) is 37.6 Å². The third kappa shape index (κ3) is 3.92. The van der Waals surface area contributed by atoms with Crippen molar-refractivity contribution < 1.29 is 0 Å². The Balaban J connectivity index is 2.35. The van der Waals surface area contributed by atoms with Crippen molar-refractivity contribution in [3.05, 3.63) is 25.1 Å². The Morgan fingerprint density at radius 3 is 2.50 bits per heavy atom. The van der Waals surface area contributed by atoms with E-state index in [-0.39, 0.29) is 0 Å². The maximum absolute atomic E-state index is 4.14. The van der Waals surface area contributed by atoms with Gasteiger partial charge < -0.3 is 10.6 Å². The van der Waals surface area contributed by atoms with E-state index in [0.29, 0.717) is 12.1 Å². The second kappa shape index (κ2) is 6.62. The summed E-state index contributed by atoms with van der Waals surface area (Å²) in [6, 6.07) is 0.946. The van der Waals surface area contributed by atoms with Crippen molar-refractivity contribution >= 4 is 0 Å². The molecular formula is C14H26N2. The molecule has 0 aromatic carbocycles. The molecule has 1 aliphatic rings. The molecule has 1 rings (SSSR count). The molecule has 1 aliphatic carbocycles. The molecule has 92 valence electrons. The number of nitrogens with one attached hydrogen (secondary N) is 2. The van der Waals surface area contributed by atoms with E-state index in [1.165, 1.54) is 25.7 Å². The van der Waals surface area contributed by atoms with E-state index in [1.807, 2.05) is 0 Å². The van der Waals surface area contributed by atoms with E-state index < -0.39 is 0 Å².